The van der Waals surface area contributed by atoms with Crippen LogP contribution in [0.1, 0.15) is 0 Å². The topological polar surface area (TPSA) is 42.4 Å². The molecule has 194 valence electrons. The number of hydrogen-bond acceptors (Lipinski definition) is 4. The molecule has 0 radical (unpaired) electrons. The minimum atomic E-state index is 0.583. The summed E-state index contributed by atoms with van der Waals surface area (Å²) in [5, 5.41) is 1.99. The van der Waals surface area contributed by atoms with Gasteiger partial charge in [0.15, 0.2) is 5.58 Å². The molecule has 0 aliphatic rings. The summed E-state index contributed by atoms with van der Waals surface area (Å²) in [5.41, 5.74) is 9.63. The van der Waals surface area contributed by atoms with Gasteiger partial charge >= 0.3 is 0 Å². The molecule has 8 rings (SSSR count). The van der Waals surface area contributed by atoms with E-state index in [9.17, 15) is 0 Å². The Labute approximate surface area is 236 Å². The predicted molar refractivity (Wildman–Crippen MR) is 167 cm³/mol. The highest BCUT2D eigenvalue weighted by Crippen LogP contribution is 2.44. The lowest BCUT2D eigenvalue weighted by molar-refractivity contribution is 0.620. The number of benzene rings is 6. The molecule has 2 heterocycles. The van der Waals surface area contributed by atoms with Crippen LogP contribution in [0.4, 0.5) is 17.1 Å². The van der Waals surface area contributed by atoms with Crippen molar-refractivity contribution in [2.45, 2.75) is 0 Å². The second-order valence-corrected chi connectivity index (χ2v) is 10.0. The highest BCUT2D eigenvalue weighted by atomic mass is 16.3. The third kappa shape index (κ3) is 3.97. The molecule has 4 heteroatoms. The van der Waals surface area contributed by atoms with Gasteiger partial charge in [-0.25, -0.2) is 4.98 Å². The van der Waals surface area contributed by atoms with Gasteiger partial charge in [-0.1, -0.05) is 84.9 Å². The van der Waals surface area contributed by atoms with Crippen LogP contribution in [0.15, 0.2) is 154 Å². The molecule has 0 amide bonds. The average molecular weight is 529 g/mol. The standard InChI is InChI=1S/C37H24N2O2/c1-3-12-25(13-4-1)28-16-7-9-19-32(28)39(26-14-5-2-6-15-26)27-22-23-33-30(24-27)36-29(17-11-21-35(36)40-33)37-38-31-18-8-10-20-34(31)41-37/h1-24H. The zero-order valence-electron chi connectivity index (χ0n) is 22.1. The fourth-order valence-electron chi connectivity index (χ4n) is 5.65. The molecule has 4 nitrogen and oxygen atoms in total. The van der Waals surface area contributed by atoms with Crippen LogP contribution in [0.2, 0.25) is 0 Å². The van der Waals surface area contributed by atoms with Crippen molar-refractivity contribution < 1.29 is 8.83 Å². The number of oxazole rings is 1. The molecular formula is C37H24N2O2. The lowest BCUT2D eigenvalue weighted by Gasteiger charge is -2.28. The van der Waals surface area contributed by atoms with Gasteiger partial charge < -0.3 is 13.7 Å². The average Bonchev–Trinajstić information content (AvgIpc) is 3.64. The van der Waals surface area contributed by atoms with Crippen LogP contribution in [-0.2, 0) is 0 Å². The predicted octanol–water partition coefficient (Wildman–Crippen LogP) is 10.5. The first-order valence-corrected chi connectivity index (χ1v) is 13.6. The second-order valence-electron chi connectivity index (χ2n) is 10.0. The third-order valence-electron chi connectivity index (χ3n) is 7.51. The van der Waals surface area contributed by atoms with Gasteiger partial charge in [-0.15, -0.1) is 0 Å². The van der Waals surface area contributed by atoms with Crippen LogP contribution in [0, 0.1) is 0 Å². The van der Waals surface area contributed by atoms with E-state index in [4.69, 9.17) is 13.8 Å². The highest BCUT2D eigenvalue weighted by Gasteiger charge is 2.21. The number of rotatable bonds is 5. The molecule has 0 bridgehead atoms. The quantitative estimate of drug-likeness (QED) is 0.223. The first kappa shape index (κ1) is 23.3. The van der Waals surface area contributed by atoms with Gasteiger partial charge in [0.05, 0.1) is 5.69 Å². The van der Waals surface area contributed by atoms with Crippen molar-refractivity contribution in [2.24, 2.45) is 0 Å². The van der Waals surface area contributed by atoms with E-state index in [1.807, 2.05) is 54.6 Å². The van der Waals surface area contributed by atoms with Crippen LogP contribution >= 0.6 is 0 Å². The van der Waals surface area contributed by atoms with Gasteiger partial charge in [0.25, 0.3) is 0 Å². The normalized spacial score (nSPS) is 11.4. The van der Waals surface area contributed by atoms with Crippen LogP contribution in [-0.4, -0.2) is 4.98 Å². The second kappa shape index (κ2) is 9.54. The fraction of sp³-hybridized carbons (Fsp3) is 0. The Bertz CT molecular complexity index is 2130. The Morgan fingerprint density at radius 3 is 2.05 bits per heavy atom. The molecular weight excluding hydrogens is 504 g/mol. The van der Waals surface area contributed by atoms with E-state index < -0.39 is 0 Å². The van der Waals surface area contributed by atoms with Crippen molar-refractivity contribution in [2.75, 3.05) is 4.90 Å². The van der Waals surface area contributed by atoms with E-state index in [0.29, 0.717) is 5.89 Å². The summed E-state index contributed by atoms with van der Waals surface area (Å²) in [6.45, 7) is 0. The van der Waals surface area contributed by atoms with Gasteiger partial charge in [0, 0.05) is 33.3 Å². The molecule has 2 aromatic heterocycles. The largest absolute Gasteiger partial charge is 0.456 e. The van der Waals surface area contributed by atoms with Crippen molar-refractivity contribution in [1.82, 2.24) is 4.98 Å². The smallest absolute Gasteiger partial charge is 0.228 e. The van der Waals surface area contributed by atoms with E-state index >= 15 is 0 Å². The number of anilines is 3. The molecule has 0 atom stereocenters. The number of hydrogen-bond donors (Lipinski definition) is 0. The zero-order chi connectivity index (χ0) is 27.2. The lowest BCUT2D eigenvalue weighted by atomic mass is 10.0. The fourth-order valence-corrected chi connectivity index (χ4v) is 5.65. The van der Waals surface area contributed by atoms with E-state index in [2.05, 4.69) is 95.9 Å². The maximum absolute atomic E-state index is 6.34. The summed E-state index contributed by atoms with van der Waals surface area (Å²) in [7, 11) is 0. The van der Waals surface area contributed by atoms with E-state index in [1.54, 1.807) is 0 Å². The van der Waals surface area contributed by atoms with Gasteiger partial charge in [0.1, 0.15) is 16.7 Å². The summed E-state index contributed by atoms with van der Waals surface area (Å²) in [6.07, 6.45) is 0. The molecule has 0 aliphatic carbocycles. The van der Waals surface area contributed by atoms with E-state index in [-0.39, 0.29) is 0 Å². The molecule has 0 spiro atoms. The number of nitrogens with zero attached hydrogens (tertiary/aromatic N) is 2. The van der Waals surface area contributed by atoms with Gasteiger partial charge in [-0.05, 0) is 66.2 Å². The minimum absolute atomic E-state index is 0.583. The first-order valence-electron chi connectivity index (χ1n) is 13.6. The van der Waals surface area contributed by atoms with Crippen LogP contribution < -0.4 is 4.90 Å². The number of para-hydroxylation sites is 4. The third-order valence-corrected chi connectivity index (χ3v) is 7.51. The Morgan fingerprint density at radius 1 is 0.488 bits per heavy atom. The highest BCUT2D eigenvalue weighted by molar-refractivity contribution is 6.13. The maximum atomic E-state index is 6.34. The molecule has 0 saturated heterocycles. The monoisotopic (exact) mass is 528 g/mol. The SMILES string of the molecule is c1ccc(-c2ccccc2N(c2ccccc2)c2ccc3oc4cccc(-c5nc6ccccc6o5)c4c3c2)cc1. The first-order chi connectivity index (χ1) is 20.3. The van der Waals surface area contributed by atoms with Crippen LogP contribution in [0.3, 0.4) is 0 Å². The van der Waals surface area contributed by atoms with Gasteiger partial charge in [0.2, 0.25) is 5.89 Å². The molecule has 0 aliphatic heterocycles. The van der Waals surface area contributed by atoms with Crippen LogP contribution in [0.25, 0.3) is 55.6 Å². The van der Waals surface area contributed by atoms with E-state index in [1.165, 1.54) is 0 Å². The number of furan rings is 1. The Balaban J connectivity index is 1.37. The molecule has 6 aromatic carbocycles. The van der Waals surface area contributed by atoms with E-state index in [0.717, 1.165) is 66.8 Å². The number of aromatic nitrogens is 1. The molecule has 0 unspecified atom stereocenters. The zero-order valence-corrected chi connectivity index (χ0v) is 22.1. The molecule has 8 aromatic rings. The Kier molecular flexibility index (Phi) is 5.42. The van der Waals surface area contributed by atoms with Gasteiger partial charge in [-0.3, -0.25) is 0 Å². The van der Waals surface area contributed by atoms with Crippen molar-refractivity contribution in [1.29, 1.82) is 0 Å². The number of fused-ring (bicyclic) bond motifs is 4. The van der Waals surface area contributed by atoms with Crippen molar-refractivity contribution in [3.8, 4) is 22.6 Å². The summed E-state index contributed by atoms with van der Waals surface area (Å²) in [5.74, 6) is 0.583. The van der Waals surface area contributed by atoms with Crippen molar-refractivity contribution in [3.63, 3.8) is 0 Å². The van der Waals surface area contributed by atoms with Crippen molar-refractivity contribution in [3.05, 3.63) is 146 Å². The van der Waals surface area contributed by atoms with Crippen molar-refractivity contribution >= 4 is 50.1 Å². The molecule has 0 N–H and O–H groups in total. The molecule has 0 saturated carbocycles. The van der Waals surface area contributed by atoms with Crippen LogP contribution in [0.5, 0.6) is 0 Å². The Morgan fingerprint density at radius 2 is 1.20 bits per heavy atom. The summed E-state index contributed by atoms with van der Waals surface area (Å²) >= 11 is 0. The molecule has 0 fully saturated rings. The minimum Gasteiger partial charge on any atom is -0.456 e. The molecule has 41 heavy (non-hydrogen) atoms. The summed E-state index contributed by atoms with van der Waals surface area (Å²) < 4.78 is 12.5. The Hall–Kier alpha value is -5.61. The summed E-state index contributed by atoms with van der Waals surface area (Å²) in [6, 6.07) is 49.8. The van der Waals surface area contributed by atoms with Gasteiger partial charge in [-0.2, -0.15) is 0 Å². The summed E-state index contributed by atoms with van der Waals surface area (Å²) in [4.78, 5) is 7.11. The maximum Gasteiger partial charge on any atom is 0.228 e. The lowest BCUT2D eigenvalue weighted by Crippen LogP contribution is -2.11.